The summed E-state index contributed by atoms with van der Waals surface area (Å²) in [7, 11) is 0. The lowest BCUT2D eigenvalue weighted by atomic mass is 10.2. The molecule has 0 aliphatic rings. The molecular weight excluding hydrogens is 450 g/mol. The van der Waals surface area contributed by atoms with Gasteiger partial charge in [-0.05, 0) is 46.8 Å². The van der Waals surface area contributed by atoms with E-state index in [0.717, 1.165) is 15.8 Å². The monoisotopic (exact) mass is 472 g/mol. The zero-order valence-electron chi connectivity index (χ0n) is 17.0. The van der Waals surface area contributed by atoms with Crippen LogP contribution in [0.4, 0.5) is 16.5 Å². The molecule has 0 radical (unpaired) electrons. The van der Waals surface area contributed by atoms with E-state index >= 15 is 0 Å². The number of aromatic hydroxyl groups is 1. The summed E-state index contributed by atoms with van der Waals surface area (Å²) in [4.78, 5) is 15.7. The summed E-state index contributed by atoms with van der Waals surface area (Å²) in [5.41, 5.74) is 13.8. The van der Waals surface area contributed by atoms with Crippen LogP contribution in [0.15, 0.2) is 48.4 Å². The molecule has 0 aliphatic carbocycles. The molecule has 0 bridgehead atoms. The maximum atomic E-state index is 11.6. The molecule has 1 unspecified atom stereocenters. The molecule has 2 aromatic carbocycles. The van der Waals surface area contributed by atoms with Crippen molar-refractivity contribution in [3.05, 3.63) is 53.9 Å². The number of amides is 1. The second-order valence-corrected chi connectivity index (χ2v) is 8.06. The third-order valence-electron chi connectivity index (χ3n) is 3.76. The lowest BCUT2D eigenvalue weighted by Crippen LogP contribution is -2.16. The van der Waals surface area contributed by atoms with Crippen LogP contribution in [0.2, 0.25) is 0 Å². The van der Waals surface area contributed by atoms with Crippen molar-refractivity contribution in [3.8, 4) is 17.6 Å². The lowest BCUT2D eigenvalue weighted by Gasteiger charge is -2.07. The number of hydrogen-bond acceptors (Lipinski definition) is 9. The van der Waals surface area contributed by atoms with Gasteiger partial charge in [0, 0.05) is 29.9 Å². The summed E-state index contributed by atoms with van der Waals surface area (Å²) >= 11 is -0.751. The molecule has 0 aliphatic heterocycles. The molecule has 32 heavy (non-hydrogen) atoms. The van der Waals surface area contributed by atoms with Crippen molar-refractivity contribution in [3.63, 3.8) is 0 Å². The highest BCUT2D eigenvalue weighted by atomic mass is 32.2. The van der Waals surface area contributed by atoms with Crippen LogP contribution in [0.25, 0.3) is 10.2 Å². The average molecular weight is 473 g/mol. The number of nitrogens with one attached hydrogen (secondary N) is 2. The Labute approximate surface area is 191 Å². The zero-order chi connectivity index (χ0) is 23.5. The molecule has 1 heterocycles. The van der Waals surface area contributed by atoms with Gasteiger partial charge in [0.1, 0.15) is 11.3 Å². The molecule has 1 amide bonds. The molecule has 3 aromatic rings. The third kappa shape index (κ3) is 8.01. The Balaban J connectivity index is 0.000000654. The molecule has 9 nitrogen and oxygen atoms in total. The number of nitrogens with zero attached hydrogens (tertiary/aromatic N) is 1. The Morgan fingerprint density at radius 1 is 1.34 bits per heavy atom. The Morgan fingerprint density at radius 3 is 2.75 bits per heavy atom. The van der Waals surface area contributed by atoms with Gasteiger partial charge in [0.2, 0.25) is 5.91 Å². The number of nitrogen functional groups attached to an aromatic ring is 1. The Bertz CT molecular complexity index is 1180. The van der Waals surface area contributed by atoms with E-state index in [2.05, 4.69) is 34.0 Å². The van der Waals surface area contributed by atoms with Gasteiger partial charge in [0.15, 0.2) is 5.13 Å². The van der Waals surface area contributed by atoms with Crippen LogP contribution in [0, 0.1) is 11.8 Å². The number of carbonyl (C=O) groups excluding carboxylic acids is 1. The van der Waals surface area contributed by atoms with Crippen LogP contribution >= 0.6 is 11.3 Å². The van der Waals surface area contributed by atoms with Crippen molar-refractivity contribution in [2.75, 3.05) is 29.5 Å². The average Bonchev–Trinajstić information content (AvgIpc) is 3.13. The standard InChI is InChI=1S/C19H19N5O2S.C2H4O2S/c20-7-6-17(26)23-14-5-1-4-13(11-14)22-8-2-3-12-9-15(25)18-16(10-12)27-19(21)24-18;1-2-5(3)4/h1,4-5,9-11,22,25H,6-8,20H2,(H2,21,24)(H,23,26);2H,1H2,(H,3,4)/p-1. The highest BCUT2D eigenvalue weighted by Crippen LogP contribution is 2.31. The van der Waals surface area contributed by atoms with Gasteiger partial charge in [0.05, 0.1) is 11.2 Å². The third-order valence-corrected chi connectivity index (χ3v) is 4.86. The van der Waals surface area contributed by atoms with Crippen molar-refractivity contribution in [2.45, 2.75) is 6.42 Å². The van der Waals surface area contributed by atoms with Crippen LogP contribution in [0.5, 0.6) is 5.75 Å². The minimum Gasteiger partial charge on any atom is -0.769 e. The number of rotatable bonds is 6. The number of carbonyl (C=O) groups is 1. The summed E-state index contributed by atoms with van der Waals surface area (Å²) in [6.07, 6.45) is 0.283. The molecule has 1 aromatic heterocycles. The first kappa shape index (κ1) is 24.8. The fraction of sp³-hybridized carbons (Fsp3) is 0.143. The first-order valence-corrected chi connectivity index (χ1v) is 11.2. The highest BCUT2D eigenvalue weighted by molar-refractivity contribution is 7.82. The number of fused-ring (bicyclic) bond motifs is 1. The SMILES string of the molecule is C=CS(=O)[O-].NCCC(=O)Nc1cccc(NCC#Cc2cc(O)c3nc(N)sc3c2)c1. The van der Waals surface area contributed by atoms with Gasteiger partial charge >= 0.3 is 0 Å². The number of benzene rings is 2. The predicted octanol–water partition coefficient (Wildman–Crippen LogP) is 2.34. The summed E-state index contributed by atoms with van der Waals surface area (Å²) in [5.74, 6) is 5.96. The van der Waals surface area contributed by atoms with Gasteiger partial charge in [-0.25, -0.2) is 4.98 Å². The molecule has 1 atom stereocenters. The van der Waals surface area contributed by atoms with E-state index in [-0.39, 0.29) is 18.1 Å². The number of phenols is 1. The van der Waals surface area contributed by atoms with Gasteiger partial charge in [-0.15, -0.1) is 0 Å². The Morgan fingerprint density at radius 2 is 2.06 bits per heavy atom. The van der Waals surface area contributed by atoms with Crippen LogP contribution < -0.4 is 22.1 Å². The Hall–Kier alpha value is -3.43. The summed E-state index contributed by atoms with van der Waals surface area (Å²) in [5, 5.41) is 17.2. The van der Waals surface area contributed by atoms with E-state index in [9.17, 15) is 18.7 Å². The first-order valence-electron chi connectivity index (χ1n) is 9.24. The van der Waals surface area contributed by atoms with Gasteiger partial charge in [-0.2, -0.15) is 0 Å². The van der Waals surface area contributed by atoms with E-state index in [1.54, 1.807) is 6.07 Å². The highest BCUT2D eigenvalue weighted by Gasteiger charge is 2.07. The molecule has 7 N–H and O–H groups in total. The number of aromatic nitrogens is 1. The quantitative estimate of drug-likeness (QED) is 0.269. The fourth-order valence-electron chi connectivity index (χ4n) is 2.46. The Kier molecular flexibility index (Phi) is 9.65. The molecule has 0 saturated heterocycles. The smallest absolute Gasteiger partial charge is 0.225 e. The van der Waals surface area contributed by atoms with Gasteiger partial charge in [-0.3, -0.25) is 9.00 Å². The van der Waals surface area contributed by atoms with Gasteiger partial charge < -0.3 is 31.8 Å². The molecule has 3 rings (SSSR count). The molecule has 0 spiro atoms. The number of hydrogen-bond donors (Lipinski definition) is 5. The van der Waals surface area contributed by atoms with E-state index in [4.69, 9.17) is 11.5 Å². The second kappa shape index (κ2) is 12.4. The van der Waals surface area contributed by atoms with Crippen molar-refractivity contribution in [1.82, 2.24) is 4.98 Å². The molecule has 11 heteroatoms. The molecule has 0 saturated carbocycles. The normalized spacial score (nSPS) is 10.8. The first-order chi connectivity index (χ1) is 15.3. The van der Waals surface area contributed by atoms with E-state index in [1.807, 2.05) is 30.3 Å². The van der Waals surface area contributed by atoms with Gasteiger partial charge in [0.25, 0.3) is 0 Å². The molecular formula is C21H22N5O4S2-. The maximum Gasteiger partial charge on any atom is 0.225 e. The number of thiazole rings is 1. The van der Waals surface area contributed by atoms with E-state index in [1.165, 1.54) is 11.3 Å². The summed E-state index contributed by atoms with van der Waals surface area (Å²) in [6.45, 7) is 3.67. The summed E-state index contributed by atoms with van der Waals surface area (Å²) < 4.78 is 19.3. The fourth-order valence-corrected chi connectivity index (χ4v) is 3.25. The molecule has 168 valence electrons. The summed E-state index contributed by atoms with van der Waals surface area (Å²) in [6, 6.07) is 10.8. The van der Waals surface area contributed by atoms with E-state index < -0.39 is 11.1 Å². The van der Waals surface area contributed by atoms with Crippen LogP contribution in [-0.4, -0.2) is 37.8 Å². The number of nitrogens with two attached hydrogens (primary N) is 2. The van der Waals surface area contributed by atoms with Crippen molar-refractivity contribution in [2.24, 2.45) is 5.73 Å². The minimum absolute atomic E-state index is 0.0682. The van der Waals surface area contributed by atoms with E-state index in [0.29, 0.717) is 35.0 Å². The second-order valence-electron chi connectivity index (χ2n) is 6.14. The topological polar surface area (TPSA) is 166 Å². The van der Waals surface area contributed by atoms with Crippen LogP contribution in [-0.2, 0) is 15.9 Å². The zero-order valence-corrected chi connectivity index (χ0v) is 18.6. The maximum absolute atomic E-state index is 11.6. The van der Waals surface area contributed by atoms with Crippen LogP contribution in [0.1, 0.15) is 12.0 Å². The largest absolute Gasteiger partial charge is 0.769 e. The number of phenolic OH excluding ortho intramolecular Hbond substituents is 1. The minimum atomic E-state index is -2.06. The van der Waals surface area contributed by atoms with Crippen molar-refractivity contribution in [1.29, 1.82) is 0 Å². The predicted molar refractivity (Wildman–Crippen MR) is 129 cm³/mol. The molecule has 0 fully saturated rings. The van der Waals surface area contributed by atoms with Crippen molar-refractivity contribution >= 4 is 55.0 Å². The van der Waals surface area contributed by atoms with Crippen molar-refractivity contribution < 1.29 is 18.7 Å². The lowest BCUT2D eigenvalue weighted by molar-refractivity contribution is -0.116. The van der Waals surface area contributed by atoms with Gasteiger partial charge in [-0.1, -0.05) is 35.8 Å². The number of anilines is 3. The van der Waals surface area contributed by atoms with Crippen LogP contribution in [0.3, 0.4) is 0 Å².